The fourth-order valence-electron chi connectivity index (χ4n) is 2.64. The lowest BCUT2D eigenvalue weighted by atomic mass is 10.0. The van der Waals surface area contributed by atoms with Crippen LogP contribution in [-0.4, -0.2) is 49.1 Å². The molecule has 0 radical (unpaired) electrons. The molecule has 0 amide bonds. The molecule has 1 aromatic carbocycles. The molecule has 0 bridgehead atoms. The van der Waals surface area contributed by atoms with Crippen LogP contribution >= 0.6 is 0 Å². The molecular weight excluding hydrogens is 236 g/mol. The molecule has 0 aliphatic carbocycles. The summed E-state index contributed by atoms with van der Waals surface area (Å²) in [6.45, 7) is 6.87. The van der Waals surface area contributed by atoms with Crippen LogP contribution in [0.2, 0.25) is 0 Å². The second-order valence-corrected chi connectivity index (χ2v) is 5.38. The van der Waals surface area contributed by atoms with Crippen molar-refractivity contribution in [2.45, 2.75) is 19.5 Å². The maximum atomic E-state index is 8.90. The van der Waals surface area contributed by atoms with E-state index in [1.165, 1.54) is 11.1 Å². The molecule has 4 nitrogen and oxygen atoms in total. The minimum Gasteiger partial charge on any atom is -0.329 e. The van der Waals surface area contributed by atoms with Crippen molar-refractivity contribution in [3.63, 3.8) is 0 Å². The third-order valence-electron chi connectivity index (χ3n) is 3.92. The summed E-state index contributed by atoms with van der Waals surface area (Å²) in [7, 11) is 2.15. The summed E-state index contributed by atoms with van der Waals surface area (Å²) in [5, 5.41) is 8.90. The number of nitrogens with zero attached hydrogens (tertiary/aromatic N) is 3. The van der Waals surface area contributed by atoms with Crippen LogP contribution in [0.1, 0.15) is 16.7 Å². The van der Waals surface area contributed by atoms with E-state index in [-0.39, 0.29) is 0 Å². The van der Waals surface area contributed by atoms with Crippen LogP contribution in [0.15, 0.2) is 18.2 Å². The maximum absolute atomic E-state index is 8.90. The van der Waals surface area contributed by atoms with Gasteiger partial charge in [0.2, 0.25) is 0 Å². The number of piperazine rings is 1. The van der Waals surface area contributed by atoms with Gasteiger partial charge in [-0.05, 0) is 37.2 Å². The number of aryl methyl sites for hydroxylation is 1. The summed E-state index contributed by atoms with van der Waals surface area (Å²) < 4.78 is 0. The standard InChI is InChI=1S/C15H22N4/c1-12-7-13(8-16)3-4-14(12)10-19-6-5-18(2)11-15(19)9-17/h3-4,7,15H,5-6,9-11,17H2,1-2H3. The van der Waals surface area contributed by atoms with Crippen molar-refractivity contribution in [2.75, 3.05) is 33.2 Å². The third kappa shape index (κ3) is 3.32. The average Bonchev–Trinajstić information content (AvgIpc) is 2.42. The number of nitriles is 1. The van der Waals surface area contributed by atoms with Crippen molar-refractivity contribution >= 4 is 0 Å². The lowest BCUT2D eigenvalue weighted by molar-refractivity contribution is 0.0879. The molecule has 1 aliphatic heterocycles. The highest BCUT2D eigenvalue weighted by Gasteiger charge is 2.24. The zero-order valence-corrected chi connectivity index (χ0v) is 11.8. The van der Waals surface area contributed by atoms with E-state index >= 15 is 0 Å². The van der Waals surface area contributed by atoms with Gasteiger partial charge in [0.15, 0.2) is 0 Å². The Balaban J connectivity index is 2.10. The van der Waals surface area contributed by atoms with Crippen molar-refractivity contribution < 1.29 is 0 Å². The van der Waals surface area contributed by atoms with Gasteiger partial charge in [0, 0.05) is 38.8 Å². The highest BCUT2D eigenvalue weighted by molar-refractivity contribution is 5.37. The van der Waals surface area contributed by atoms with Crippen molar-refractivity contribution in [2.24, 2.45) is 5.73 Å². The van der Waals surface area contributed by atoms with Crippen LogP contribution in [0.3, 0.4) is 0 Å². The molecule has 1 fully saturated rings. The molecule has 1 aromatic rings. The summed E-state index contributed by atoms with van der Waals surface area (Å²) in [6.07, 6.45) is 0. The zero-order valence-electron chi connectivity index (χ0n) is 11.8. The predicted molar refractivity (Wildman–Crippen MR) is 76.6 cm³/mol. The van der Waals surface area contributed by atoms with Crippen molar-refractivity contribution in [3.8, 4) is 6.07 Å². The van der Waals surface area contributed by atoms with E-state index < -0.39 is 0 Å². The highest BCUT2D eigenvalue weighted by Crippen LogP contribution is 2.16. The Kier molecular flexibility index (Phi) is 4.54. The molecule has 1 saturated heterocycles. The van der Waals surface area contributed by atoms with E-state index in [4.69, 9.17) is 11.0 Å². The molecule has 19 heavy (non-hydrogen) atoms. The van der Waals surface area contributed by atoms with E-state index in [0.717, 1.165) is 31.7 Å². The molecule has 1 atom stereocenters. The first-order valence-corrected chi connectivity index (χ1v) is 6.76. The van der Waals surface area contributed by atoms with Crippen LogP contribution in [0.25, 0.3) is 0 Å². The number of nitrogens with two attached hydrogens (primary N) is 1. The molecule has 102 valence electrons. The van der Waals surface area contributed by atoms with Crippen LogP contribution in [0.5, 0.6) is 0 Å². The van der Waals surface area contributed by atoms with Gasteiger partial charge in [-0.1, -0.05) is 6.07 Å². The largest absolute Gasteiger partial charge is 0.329 e. The van der Waals surface area contributed by atoms with E-state index in [2.05, 4.69) is 35.9 Å². The van der Waals surface area contributed by atoms with Crippen molar-refractivity contribution in [3.05, 3.63) is 34.9 Å². The maximum Gasteiger partial charge on any atom is 0.0991 e. The van der Waals surface area contributed by atoms with Gasteiger partial charge >= 0.3 is 0 Å². The van der Waals surface area contributed by atoms with Crippen LogP contribution in [-0.2, 0) is 6.54 Å². The third-order valence-corrected chi connectivity index (χ3v) is 3.92. The molecule has 2 N–H and O–H groups in total. The summed E-state index contributed by atoms with van der Waals surface area (Å²) >= 11 is 0. The first kappa shape index (κ1) is 14.0. The average molecular weight is 258 g/mol. The zero-order chi connectivity index (χ0) is 13.8. The molecule has 2 rings (SSSR count). The summed E-state index contributed by atoms with van der Waals surface area (Å²) in [5.41, 5.74) is 9.10. The first-order valence-electron chi connectivity index (χ1n) is 6.76. The lowest BCUT2D eigenvalue weighted by Crippen LogP contribution is -2.54. The first-order chi connectivity index (χ1) is 9.13. The second-order valence-electron chi connectivity index (χ2n) is 5.38. The Labute approximate surface area is 115 Å². The van der Waals surface area contributed by atoms with Gasteiger partial charge in [0.1, 0.15) is 0 Å². The van der Waals surface area contributed by atoms with Gasteiger partial charge in [-0.2, -0.15) is 5.26 Å². The fourth-order valence-corrected chi connectivity index (χ4v) is 2.64. The number of hydrogen-bond acceptors (Lipinski definition) is 4. The number of rotatable bonds is 3. The Bertz CT molecular complexity index is 478. The highest BCUT2D eigenvalue weighted by atomic mass is 15.3. The number of hydrogen-bond donors (Lipinski definition) is 1. The number of likely N-dealkylation sites (N-methyl/N-ethyl adjacent to an activating group) is 1. The van der Waals surface area contributed by atoms with Gasteiger partial charge in [0.05, 0.1) is 11.6 Å². The van der Waals surface area contributed by atoms with Gasteiger partial charge in [0.25, 0.3) is 0 Å². The smallest absolute Gasteiger partial charge is 0.0991 e. The molecule has 1 heterocycles. The molecule has 1 unspecified atom stereocenters. The number of benzene rings is 1. The summed E-state index contributed by atoms with van der Waals surface area (Å²) in [6, 6.07) is 8.54. The topological polar surface area (TPSA) is 56.3 Å². The van der Waals surface area contributed by atoms with Crippen molar-refractivity contribution in [1.82, 2.24) is 9.80 Å². The Morgan fingerprint density at radius 1 is 1.42 bits per heavy atom. The van der Waals surface area contributed by atoms with Crippen LogP contribution in [0.4, 0.5) is 0 Å². The molecule has 4 heteroatoms. The molecule has 0 saturated carbocycles. The van der Waals surface area contributed by atoms with Crippen LogP contribution < -0.4 is 5.73 Å². The van der Waals surface area contributed by atoms with E-state index in [1.54, 1.807) is 0 Å². The van der Waals surface area contributed by atoms with Gasteiger partial charge in [-0.15, -0.1) is 0 Å². The molecule has 1 aliphatic rings. The minimum absolute atomic E-state index is 0.425. The summed E-state index contributed by atoms with van der Waals surface area (Å²) in [5.74, 6) is 0. The fraction of sp³-hybridized carbons (Fsp3) is 0.533. The van der Waals surface area contributed by atoms with Gasteiger partial charge in [-0.3, -0.25) is 4.90 Å². The summed E-state index contributed by atoms with van der Waals surface area (Å²) in [4.78, 5) is 4.79. The predicted octanol–water partition coefficient (Wildman–Crippen LogP) is 0.941. The SMILES string of the molecule is Cc1cc(C#N)ccc1CN1CCN(C)CC1CN. The van der Waals surface area contributed by atoms with Gasteiger partial charge in [-0.25, -0.2) is 0 Å². The lowest BCUT2D eigenvalue weighted by Gasteiger charge is -2.39. The Morgan fingerprint density at radius 3 is 2.84 bits per heavy atom. The second kappa shape index (κ2) is 6.16. The van der Waals surface area contributed by atoms with Crippen LogP contribution in [0, 0.1) is 18.3 Å². The van der Waals surface area contributed by atoms with E-state index in [9.17, 15) is 0 Å². The Morgan fingerprint density at radius 2 is 2.21 bits per heavy atom. The normalized spacial score (nSPS) is 21.3. The van der Waals surface area contributed by atoms with Gasteiger partial charge < -0.3 is 10.6 Å². The Hall–Kier alpha value is -1.41. The monoisotopic (exact) mass is 258 g/mol. The quantitative estimate of drug-likeness (QED) is 0.876. The molecule has 0 aromatic heterocycles. The molecular formula is C15H22N4. The molecule has 0 spiro atoms. The minimum atomic E-state index is 0.425. The van der Waals surface area contributed by atoms with E-state index in [0.29, 0.717) is 12.6 Å². The van der Waals surface area contributed by atoms with Crippen molar-refractivity contribution in [1.29, 1.82) is 5.26 Å². The van der Waals surface area contributed by atoms with E-state index in [1.807, 2.05) is 12.1 Å².